The van der Waals surface area contributed by atoms with Crippen LogP contribution in [0.5, 0.6) is 0 Å². The Bertz CT molecular complexity index is 3470. The lowest BCUT2D eigenvalue weighted by Crippen LogP contribution is -2.06. The lowest BCUT2D eigenvalue weighted by atomic mass is 10.0. The third-order valence-corrected chi connectivity index (χ3v) is 11.9. The predicted octanol–water partition coefficient (Wildman–Crippen LogP) is 12.9. The van der Waals surface area contributed by atoms with Gasteiger partial charge in [-0.05, 0) is 51.9 Å². The molecule has 0 saturated carbocycles. The maximum Gasteiger partial charge on any atom is 0.238 e. The molecule has 0 fully saturated rings. The van der Waals surface area contributed by atoms with Crippen LogP contribution in [0.25, 0.3) is 114 Å². The van der Waals surface area contributed by atoms with E-state index in [1.54, 1.807) is 0 Å². The molecule has 53 heavy (non-hydrogen) atoms. The van der Waals surface area contributed by atoms with Gasteiger partial charge >= 0.3 is 0 Å². The number of furan rings is 1. The van der Waals surface area contributed by atoms with E-state index < -0.39 is 0 Å². The van der Waals surface area contributed by atoms with Crippen LogP contribution in [0.2, 0.25) is 0 Å². The summed E-state index contributed by atoms with van der Waals surface area (Å²) < 4.78 is 11.4. The molecule has 0 N–H and O–H groups in total. The molecule has 8 aromatic carbocycles. The first kappa shape index (κ1) is 28.8. The average molecular weight is 695 g/mol. The molecule has 0 bridgehead atoms. The van der Waals surface area contributed by atoms with Crippen molar-refractivity contribution in [3.8, 4) is 28.7 Å². The number of para-hydroxylation sites is 1. The van der Waals surface area contributed by atoms with E-state index in [2.05, 4.69) is 144 Å². The summed E-state index contributed by atoms with van der Waals surface area (Å²) in [5.74, 6) is 1.72. The minimum atomic E-state index is 0.557. The van der Waals surface area contributed by atoms with Crippen molar-refractivity contribution in [3.05, 3.63) is 158 Å². The van der Waals surface area contributed by atoms with Gasteiger partial charge in [0, 0.05) is 47.3 Å². The Hall–Kier alpha value is -6.89. The van der Waals surface area contributed by atoms with Gasteiger partial charge in [0.15, 0.2) is 11.6 Å². The van der Waals surface area contributed by atoms with Crippen molar-refractivity contribution in [1.82, 2.24) is 19.5 Å². The molecule has 12 rings (SSSR count). The van der Waals surface area contributed by atoms with Crippen LogP contribution < -0.4 is 0 Å². The lowest BCUT2D eigenvalue weighted by molar-refractivity contribution is 0.669. The quantitative estimate of drug-likeness (QED) is 0.185. The fourth-order valence-electron chi connectivity index (χ4n) is 8.31. The molecule has 4 aromatic heterocycles. The third kappa shape index (κ3) is 4.09. The Morgan fingerprint density at radius 2 is 1.11 bits per heavy atom. The van der Waals surface area contributed by atoms with Crippen molar-refractivity contribution in [2.24, 2.45) is 0 Å². The van der Waals surface area contributed by atoms with E-state index in [-0.39, 0.29) is 0 Å². The van der Waals surface area contributed by atoms with E-state index in [1.807, 2.05) is 29.5 Å². The standard InChI is InChI=1S/C47H26N4OS/c1-2-13-29(14-3-1)45-48-46(35-19-10-18-34-40-30-15-6-4-12-28(30)22-26-38(40)52-43(34)35)50-47(49-45)51-36-24-21-27-11-5-7-16-31(27)41(36)42-37(51)25-23-33-32-17-8-9-20-39(32)53-44(33)42/h1-26H. The van der Waals surface area contributed by atoms with E-state index in [9.17, 15) is 0 Å². The molecule has 4 heterocycles. The molecule has 6 heteroatoms. The second kappa shape index (κ2) is 10.8. The average Bonchev–Trinajstić information content (AvgIpc) is 3.91. The molecule has 0 aliphatic carbocycles. The van der Waals surface area contributed by atoms with Crippen molar-refractivity contribution in [3.63, 3.8) is 0 Å². The number of hydrogen-bond acceptors (Lipinski definition) is 5. The number of nitrogens with zero attached hydrogens (tertiary/aromatic N) is 4. The molecule has 0 aliphatic heterocycles. The van der Waals surface area contributed by atoms with Gasteiger partial charge in [0.1, 0.15) is 11.2 Å². The summed E-state index contributed by atoms with van der Waals surface area (Å²) in [6, 6.07) is 55.3. The number of thiophene rings is 1. The van der Waals surface area contributed by atoms with Crippen molar-refractivity contribution in [2.75, 3.05) is 0 Å². The molecule has 5 nitrogen and oxygen atoms in total. The largest absolute Gasteiger partial charge is 0.455 e. The van der Waals surface area contributed by atoms with Gasteiger partial charge in [0.25, 0.3) is 0 Å². The van der Waals surface area contributed by atoms with Crippen LogP contribution in [0.4, 0.5) is 0 Å². The van der Waals surface area contributed by atoms with Crippen LogP contribution in [0.3, 0.4) is 0 Å². The highest BCUT2D eigenvalue weighted by Gasteiger charge is 2.23. The SMILES string of the molecule is c1ccc(-c2nc(-c3cccc4c3oc3ccc5ccccc5c34)nc(-n3c4ccc5ccccc5c4c4c5sc6ccccc6c5ccc43)n2)cc1. The fourth-order valence-corrected chi connectivity index (χ4v) is 9.56. The fraction of sp³-hybridized carbons (Fsp3) is 0. The van der Waals surface area contributed by atoms with Crippen LogP contribution >= 0.6 is 11.3 Å². The van der Waals surface area contributed by atoms with Gasteiger partial charge in [-0.3, -0.25) is 4.57 Å². The molecule has 0 radical (unpaired) electrons. The number of rotatable bonds is 3. The number of aromatic nitrogens is 4. The Morgan fingerprint density at radius 3 is 1.96 bits per heavy atom. The summed E-state index contributed by atoms with van der Waals surface area (Å²) >= 11 is 1.85. The molecule has 0 saturated heterocycles. The Kier molecular flexibility index (Phi) is 5.87. The van der Waals surface area contributed by atoms with Gasteiger partial charge in [-0.1, -0.05) is 127 Å². The molecule has 12 aromatic rings. The topological polar surface area (TPSA) is 56.7 Å². The van der Waals surface area contributed by atoms with E-state index >= 15 is 0 Å². The third-order valence-electron chi connectivity index (χ3n) is 10.6. The first-order valence-corrected chi connectivity index (χ1v) is 18.5. The van der Waals surface area contributed by atoms with E-state index in [1.165, 1.54) is 47.1 Å². The van der Waals surface area contributed by atoms with Gasteiger partial charge in [-0.25, -0.2) is 4.98 Å². The molecule has 0 amide bonds. The first-order valence-electron chi connectivity index (χ1n) is 17.7. The van der Waals surface area contributed by atoms with Gasteiger partial charge in [-0.2, -0.15) is 9.97 Å². The van der Waals surface area contributed by atoms with E-state index in [0.717, 1.165) is 49.5 Å². The normalized spacial score (nSPS) is 12.2. The highest BCUT2D eigenvalue weighted by Crippen LogP contribution is 2.45. The Balaban J connectivity index is 1.21. The van der Waals surface area contributed by atoms with Gasteiger partial charge in [-0.15, -0.1) is 11.3 Å². The van der Waals surface area contributed by atoms with Crippen LogP contribution in [-0.4, -0.2) is 19.5 Å². The number of benzene rings is 8. The van der Waals surface area contributed by atoms with Crippen LogP contribution in [-0.2, 0) is 0 Å². The van der Waals surface area contributed by atoms with Gasteiger partial charge < -0.3 is 4.42 Å². The number of hydrogen-bond donors (Lipinski definition) is 0. The van der Waals surface area contributed by atoms with Crippen LogP contribution in [0, 0.1) is 0 Å². The maximum absolute atomic E-state index is 6.68. The summed E-state index contributed by atoms with van der Waals surface area (Å²) in [4.78, 5) is 15.8. The monoisotopic (exact) mass is 694 g/mol. The molecule has 0 spiro atoms. The zero-order valence-electron chi connectivity index (χ0n) is 28.1. The smallest absolute Gasteiger partial charge is 0.238 e. The second-order valence-electron chi connectivity index (χ2n) is 13.5. The summed E-state index contributed by atoms with van der Waals surface area (Å²) in [6.07, 6.45) is 0. The molecule has 0 aliphatic rings. The zero-order valence-corrected chi connectivity index (χ0v) is 28.9. The minimum absolute atomic E-state index is 0.557. The Morgan fingerprint density at radius 1 is 0.453 bits per heavy atom. The maximum atomic E-state index is 6.68. The first-order chi connectivity index (χ1) is 26.3. The lowest BCUT2D eigenvalue weighted by Gasteiger charge is -2.11. The van der Waals surface area contributed by atoms with Crippen molar-refractivity contribution in [2.45, 2.75) is 0 Å². The van der Waals surface area contributed by atoms with Crippen LogP contribution in [0.1, 0.15) is 0 Å². The van der Waals surface area contributed by atoms with Crippen LogP contribution in [0.15, 0.2) is 162 Å². The highest BCUT2D eigenvalue weighted by molar-refractivity contribution is 7.26. The number of fused-ring (bicyclic) bond motifs is 14. The Labute approximate surface area is 306 Å². The molecule has 0 unspecified atom stereocenters. The van der Waals surface area contributed by atoms with E-state index in [0.29, 0.717) is 17.6 Å². The summed E-state index contributed by atoms with van der Waals surface area (Å²) in [6.45, 7) is 0. The van der Waals surface area contributed by atoms with Crippen molar-refractivity contribution >= 4 is 96.8 Å². The predicted molar refractivity (Wildman–Crippen MR) is 220 cm³/mol. The highest BCUT2D eigenvalue weighted by atomic mass is 32.1. The zero-order chi connectivity index (χ0) is 34.6. The van der Waals surface area contributed by atoms with E-state index in [4.69, 9.17) is 19.4 Å². The molecule has 246 valence electrons. The van der Waals surface area contributed by atoms with Gasteiger partial charge in [0.2, 0.25) is 5.95 Å². The summed E-state index contributed by atoms with van der Waals surface area (Å²) in [7, 11) is 0. The summed E-state index contributed by atoms with van der Waals surface area (Å²) in [5.41, 5.74) is 5.44. The molecular formula is C47H26N4OS. The molecule has 0 atom stereocenters. The molecular weight excluding hydrogens is 669 g/mol. The van der Waals surface area contributed by atoms with Crippen molar-refractivity contribution < 1.29 is 4.42 Å². The van der Waals surface area contributed by atoms with Gasteiger partial charge in [0.05, 0.1) is 16.6 Å². The van der Waals surface area contributed by atoms with Crippen molar-refractivity contribution in [1.29, 1.82) is 0 Å². The minimum Gasteiger partial charge on any atom is -0.455 e. The second-order valence-corrected chi connectivity index (χ2v) is 14.6. The summed E-state index contributed by atoms with van der Waals surface area (Å²) in [5, 5.41) is 11.8.